The molecule has 0 heterocycles. The molecule has 0 aliphatic carbocycles. The summed E-state index contributed by atoms with van der Waals surface area (Å²) in [5.74, 6) is -0.162. The normalized spacial score (nSPS) is 12.2. The Labute approximate surface area is 111 Å². The number of thiol groups is 1. The van der Waals surface area contributed by atoms with Gasteiger partial charge in [0, 0.05) is 0 Å². The van der Waals surface area contributed by atoms with Gasteiger partial charge in [-0.1, -0.05) is 18.2 Å². The van der Waals surface area contributed by atoms with Gasteiger partial charge in [-0.05, 0) is 42.5 Å². The molecular formula is C13H18O2S2. The molecule has 17 heavy (non-hydrogen) atoms. The number of thioether (sulfide) groups is 1. The number of rotatable bonds is 5. The summed E-state index contributed by atoms with van der Waals surface area (Å²) < 4.78 is 6.54. The first kappa shape index (κ1) is 14.3. The molecule has 0 N–H and O–H groups in total. The minimum absolute atomic E-state index is 0.162. The van der Waals surface area contributed by atoms with Gasteiger partial charge in [0.25, 0.3) is 0 Å². The second-order valence-corrected chi connectivity index (χ2v) is 6.79. The van der Waals surface area contributed by atoms with E-state index in [0.29, 0.717) is 6.61 Å². The van der Waals surface area contributed by atoms with Crippen molar-refractivity contribution in [1.82, 2.24) is 0 Å². The summed E-state index contributed by atoms with van der Waals surface area (Å²) >= 11 is 2.62. The maximum atomic E-state index is 11.6. The Morgan fingerprint density at radius 3 is 2.65 bits per heavy atom. The molecule has 94 valence electrons. The lowest BCUT2D eigenvalue weighted by Crippen LogP contribution is -2.29. The Balaban J connectivity index is 2.55. The Morgan fingerprint density at radius 2 is 2.06 bits per heavy atom. The van der Waals surface area contributed by atoms with E-state index in [-0.39, 0.29) is 5.97 Å². The molecule has 0 amide bonds. The van der Waals surface area contributed by atoms with E-state index in [9.17, 15) is 4.79 Å². The number of hydrogen-bond donors (Lipinski definition) is 1. The Bertz CT molecular complexity index is 386. The molecule has 0 spiro atoms. The zero-order chi connectivity index (χ0) is 12.7. The minimum Gasteiger partial charge on any atom is -0.465 e. The van der Waals surface area contributed by atoms with Gasteiger partial charge in [0.05, 0.1) is 6.61 Å². The third-order valence-corrected chi connectivity index (χ3v) is 4.27. The molecule has 0 bridgehead atoms. The van der Waals surface area contributed by atoms with Crippen molar-refractivity contribution in [2.75, 3.05) is 6.61 Å². The van der Waals surface area contributed by atoms with Crippen molar-refractivity contribution < 1.29 is 9.53 Å². The van der Waals surface area contributed by atoms with Gasteiger partial charge in [-0.25, -0.2) is 0 Å². The topological polar surface area (TPSA) is 26.3 Å². The molecule has 0 atom stereocenters. The highest BCUT2D eigenvalue weighted by molar-refractivity contribution is 8.26. The van der Waals surface area contributed by atoms with Crippen LogP contribution in [0.4, 0.5) is 0 Å². The van der Waals surface area contributed by atoms with Crippen molar-refractivity contribution in [2.24, 2.45) is 0 Å². The van der Waals surface area contributed by atoms with E-state index in [2.05, 4.69) is 12.1 Å². The number of benzene rings is 1. The molecule has 1 aromatic rings. The third-order valence-electron chi connectivity index (χ3n) is 2.07. The van der Waals surface area contributed by atoms with Crippen LogP contribution in [0.3, 0.4) is 0 Å². The predicted octanol–water partition coefficient (Wildman–Crippen LogP) is 3.35. The van der Waals surface area contributed by atoms with Gasteiger partial charge in [-0.2, -0.15) is 11.4 Å². The largest absolute Gasteiger partial charge is 0.465 e. The molecule has 1 aromatic carbocycles. The van der Waals surface area contributed by atoms with Gasteiger partial charge in [0.1, 0.15) is 4.75 Å². The standard InChI is InChI=1S/C13H18O2S2/c1-4-15-12(14)13(2,3)17-10-16-11-8-6-5-7-9-11/h5-10,16H,4H2,1-3H3. The zero-order valence-corrected chi connectivity index (χ0v) is 12.1. The second-order valence-electron chi connectivity index (χ2n) is 3.92. The lowest BCUT2D eigenvalue weighted by Gasteiger charge is -2.19. The number of esters is 1. The molecule has 0 unspecified atom stereocenters. The van der Waals surface area contributed by atoms with Crippen molar-refractivity contribution in [3.8, 4) is 0 Å². The van der Waals surface area contributed by atoms with Gasteiger partial charge in [-0.15, -0.1) is 11.8 Å². The molecule has 0 fully saturated rings. The van der Waals surface area contributed by atoms with Crippen LogP contribution in [0.25, 0.3) is 0 Å². The molecule has 0 saturated carbocycles. The molecule has 0 radical (unpaired) electrons. The van der Waals surface area contributed by atoms with Crippen LogP contribution in [0.1, 0.15) is 20.8 Å². The number of hydrogen-bond acceptors (Lipinski definition) is 3. The van der Waals surface area contributed by atoms with Crippen molar-refractivity contribution in [2.45, 2.75) is 30.4 Å². The van der Waals surface area contributed by atoms with Crippen LogP contribution >= 0.6 is 23.1 Å². The summed E-state index contributed by atoms with van der Waals surface area (Å²) in [7, 11) is 0. The summed E-state index contributed by atoms with van der Waals surface area (Å²) in [6.07, 6.45) is 0. The number of carbonyl (C=O) groups is 1. The van der Waals surface area contributed by atoms with Crippen molar-refractivity contribution >= 4 is 33.8 Å². The van der Waals surface area contributed by atoms with Gasteiger partial charge < -0.3 is 4.74 Å². The van der Waals surface area contributed by atoms with E-state index >= 15 is 0 Å². The quantitative estimate of drug-likeness (QED) is 0.505. The number of ether oxygens (including phenoxy) is 1. The first-order chi connectivity index (χ1) is 8.06. The highest BCUT2D eigenvalue weighted by Gasteiger charge is 2.28. The van der Waals surface area contributed by atoms with Crippen molar-refractivity contribution in [1.29, 1.82) is 0 Å². The van der Waals surface area contributed by atoms with Crippen LogP contribution in [0.5, 0.6) is 0 Å². The van der Waals surface area contributed by atoms with E-state index in [1.54, 1.807) is 0 Å². The third kappa shape index (κ3) is 4.96. The van der Waals surface area contributed by atoms with Crippen LogP contribution in [0.15, 0.2) is 35.2 Å². The van der Waals surface area contributed by atoms with Crippen molar-refractivity contribution in [3.05, 3.63) is 30.3 Å². The molecule has 0 aliphatic rings. The van der Waals surface area contributed by atoms with Gasteiger partial charge in [0.15, 0.2) is 0 Å². The minimum atomic E-state index is -0.516. The fourth-order valence-corrected chi connectivity index (χ4v) is 3.34. The van der Waals surface area contributed by atoms with Crippen LogP contribution in [-0.2, 0) is 9.53 Å². The van der Waals surface area contributed by atoms with E-state index in [0.717, 1.165) is 11.4 Å². The van der Waals surface area contributed by atoms with Crippen LogP contribution in [0.2, 0.25) is 0 Å². The number of carbonyl (C=O) groups excluding carboxylic acids is 1. The Hall–Kier alpha value is -0.740. The van der Waals surface area contributed by atoms with Crippen LogP contribution in [-0.4, -0.2) is 22.0 Å². The highest BCUT2D eigenvalue weighted by Crippen LogP contribution is 2.25. The first-order valence-electron chi connectivity index (χ1n) is 5.49. The van der Waals surface area contributed by atoms with Crippen molar-refractivity contribution in [3.63, 3.8) is 0 Å². The summed E-state index contributed by atoms with van der Waals surface area (Å²) in [5, 5.41) is 0. The molecule has 2 nitrogen and oxygen atoms in total. The van der Waals surface area contributed by atoms with Gasteiger partial charge in [-0.3, -0.25) is 4.79 Å². The molecule has 0 aliphatic heterocycles. The van der Waals surface area contributed by atoms with Gasteiger partial charge >= 0.3 is 5.97 Å². The summed E-state index contributed by atoms with van der Waals surface area (Å²) in [4.78, 5) is 12.9. The fourth-order valence-electron chi connectivity index (χ4n) is 1.09. The Morgan fingerprint density at radius 1 is 1.41 bits per heavy atom. The smallest absolute Gasteiger partial charge is 0.321 e. The van der Waals surface area contributed by atoms with E-state index < -0.39 is 4.75 Å². The highest BCUT2D eigenvalue weighted by atomic mass is 32.2. The lowest BCUT2D eigenvalue weighted by atomic mass is 10.2. The predicted molar refractivity (Wildman–Crippen MR) is 78.1 cm³/mol. The van der Waals surface area contributed by atoms with Crippen LogP contribution < -0.4 is 0 Å². The van der Waals surface area contributed by atoms with E-state index in [1.807, 2.05) is 43.7 Å². The summed E-state index contributed by atoms with van der Waals surface area (Å²) in [5.41, 5.74) is 0. The molecule has 4 heteroatoms. The molecule has 0 saturated heterocycles. The average Bonchev–Trinajstić information content (AvgIpc) is 2.30. The maximum Gasteiger partial charge on any atom is 0.321 e. The lowest BCUT2D eigenvalue weighted by molar-refractivity contribution is -0.145. The average molecular weight is 270 g/mol. The van der Waals surface area contributed by atoms with Crippen LogP contribution in [0, 0.1) is 0 Å². The first-order valence-corrected chi connectivity index (χ1v) is 7.33. The molecule has 0 aromatic heterocycles. The zero-order valence-electron chi connectivity index (χ0n) is 10.3. The SMILES string of the molecule is CCOC(=O)C(C)(C)SC=[SH]c1ccccc1. The summed E-state index contributed by atoms with van der Waals surface area (Å²) in [6.45, 7) is 6.02. The van der Waals surface area contributed by atoms with E-state index in [4.69, 9.17) is 4.74 Å². The second kappa shape index (κ2) is 6.87. The summed E-state index contributed by atoms with van der Waals surface area (Å²) in [6, 6.07) is 10.1. The van der Waals surface area contributed by atoms with E-state index in [1.165, 1.54) is 16.7 Å². The molecule has 1 rings (SSSR count). The fraction of sp³-hybridized carbons (Fsp3) is 0.385. The molecular weight excluding hydrogens is 252 g/mol. The maximum absolute atomic E-state index is 11.6. The monoisotopic (exact) mass is 270 g/mol. The Kier molecular flexibility index (Phi) is 5.78. The van der Waals surface area contributed by atoms with Gasteiger partial charge in [0.2, 0.25) is 0 Å².